The second-order valence-electron chi connectivity index (χ2n) is 6.21. The number of methoxy groups -OCH3 is 1. The Hall–Kier alpha value is -2.45. The normalized spacial score (nSPS) is 17.1. The number of benzene rings is 1. The number of halogens is 2. The molecule has 3 rings (SSSR count). The first-order valence-electron chi connectivity index (χ1n) is 8.46. The maximum atomic E-state index is 13.2. The molecular formula is C18H20ClFN4O3. The summed E-state index contributed by atoms with van der Waals surface area (Å²) < 4.78 is 23.7. The van der Waals surface area contributed by atoms with Crippen LogP contribution in [0.3, 0.4) is 0 Å². The van der Waals surface area contributed by atoms with E-state index in [0.29, 0.717) is 37.1 Å². The van der Waals surface area contributed by atoms with Gasteiger partial charge < -0.3 is 19.3 Å². The fourth-order valence-corrected chi connectivity index (χ4v) is 3.18. The van der Waals surface area contributed by atoms with Gasteiger partial charge in [0.05, 0.1) is 5.02 Å². The Kier molecular flexibility index (Phi) is 6.08. The zero-order valence-electron chi connectivity index (χ0n) is 15.1. The molecule has 1 amide bonds. The molecule has 0 aliphatic carbocycles. The predicted octanol–water partition coefficient (Wildman–Crippen LogP) is 2.74. The highest BCUT2D eigenvalue weighted by Gasteiger charge is 2.28. The third-order valence-corrected chi connectivity index (χ3v) is 4.57. The first-order chi connectivity index (χ1) is 13.0. The van der Waals surface area contributed by atoms with E-state index in [2.05, 4.69) is 14.9 Å². The lowest BCUT2D eigenvalue weighted by Crippen LogP contribution is -2.55. The lowest BCUT2D eigenvalue weighted by molar-refractivity contribution is -0.137. The number of aromatic nitrogens is 2. The Morgan fingerprint density at radius 2 is 2.15 bits per heavy atom. The molecule has 1 aromatic carbocycles. The van der Waals surface area contributed by atoms with Gasteiger partial charge in [0.25, 0.3) is 0 Å². The summed E-state index contributed by atoms with van der Waals surface area (Å²) in [6.07, 6.45) is 1.40. The second kappa shape index (κ2) is 8.49. The second-order valence-corrected chi connectivity index (χ2v) is 6.61. The summed E-state index contributed by atoms with van der Waals surface area (Å²) in [7, 11) is 1.51. The molecule has 9 heteroatoms. The summed E-state index contributed by atoms with van der Waals surface area (Å²) in [4.78, 5) is 24.3. The molecule has 0 saturated carbocycles. The summed E-state index contributed by atoms with van der Waals surface area (Å²) in [6, 6.07) is 5.60. The summed E-state index contributed by atoms with van der Waals surface area (Å²) in [5.74, 6) is 0.835. The Balaban J connectivity index is 1.70. The number of carbonyl (C=O) groups excluding carboxylic acids is 1. The van der Waals surface area contributed by atoms with E-state index < -0.39 is 5.82 Å². The van der Waals surface area contributed by atoms with E-state index in [4.69, 9.17) is 21.1 Å². The van der Waals surface area contributed by atoms with E-state index in [-0.39, 0.29) is 23.6 Å². The molecule has 0 bridgehead atoms. The molecule has 27 heavy (non-hydrogen) atoms. The summed E-state index contributed by atoms with van der Waals surface area (Å²) in [5.41, 5.74) is 0. The van der Waals surface area contributed by atoms with Gasteiger partial charge >= 0.3 is 0 Å². The van der Waals surface area contributed by atoms with Crippen molar-refractivity contribution in [2.24, 2.45) is 0 Å². The largest absolute Gasteiger partial charge is 0.437 e. The monoisotopic (exact) mass is 394 g/mol. The van der Waals surface area contributed by atoms with Crippen LogP contribution < -0.4 is 9.64 Å². The van der Waals surface area contributed by atoms with Crippen LogP contribution in [-0.2, 0) is 9.53 Å². The highest BCUT2D eigenvalue weighted by atomic mass is 35.5. The minimum atomic E-state index is -0.439. The third-order valence-electron chi connectivity index (χ3n) is 4.28. The topological polar surface area (TPSA) is 67.8 Å². The summed E-state index contributed by atoms with van der Waals surface area (Å²) in [6.45, 7) is 3.90. The number of ether oxygens (including phenoxy) is 2. The maximum absolute atomic E-state index is 13.2. The molecule has 7 nitrogen and oxygen atoms in total. The third kappa shape index (κ3) is 4.64. The Morgan fingerprint density at radius 3 is 2.85 bits per heavy atom. The predicted molar refractivity (Wildman–Crippen MR) is 98.8 cm³/mol. The summed E-state index contributed by atoms with van der Waals surface area (Å²) >= 11 is 5.99. The minimum absolute atomic E-state index is 0.0206. The van der Waals surface area contributed by atoms with E-state index in [9.17, 15) is 9.18 Å². The molecular weight excluding hydrogens is 375 g/mol. The Labute approximate surface area is 161 Å². The van der Waals surface area contributed by atoms with Gasteiger partial charge in [0, 0.05) is 38.9 Å². The molecule has 0 radical (unpaired) electrons. The molecule has 1 saturated heterocycles. The van der Waals surface area contributed by atoms with E-state index >= 15 is 0 Å². The Bertz CT molecular complexity index is 823. The number of rotatable bonds is 5. The van der Waals surface area contributed by atoms with Crippen molar-refractivity contribution < 1.29 is 18.7 Å². The SMILES string of the molecule is COCC(=O)N1CCN(c2cc(Oc3ccc(F)cc3Cl)ncn2)CC1C. The van der Waals surface area contributed by atoms with Gasteiger partial charge in [-0.25, -0.2) is 14.4 Å². The summed E-state index contributed by atoms with van der Waals surface area (Å²) in [5, 5.41) is 0.161. The van der Waals surface area contributed by atoms with Crippen LogP contribution in [0.1, 0.15) is 6.92 Å². The standard InChI is InChI=1S/C18H20ClFN4O3/c1-12-9-23(5-6-24(12)18(25)10-26-2)16-8-17(22-11-21-16)27-15-4-3-13(20)7-14(15)19/h3-4,7-8,11-12H,5-6,9-10H2,1-2H3. The molecule has 1 fully saturated rings. The zero-order valence-corrected chi connectivity index (χ0v) is 15.8. The molecule has 0 N–H and O–H groups in total. The number of piperazine rings is 1. The highest BCUT2D eigenvalue weighted by Crippen LogP contribution is 2.30. The molecule has 1 aromatic heterocycles. The fraction of sp³-hybridized carbons (Fsp3) is 0.389. The molecule has 1 aliphatic rings. The van der Waals surface area contributed by atoms with Gasteiger partial charge in [-0.05, 0) is 25.1 Å². The van der Waals surface area contributed by atoms with Crippen LogP contribution in [0.5, 0.6) is 11.6 Å². The number of hydrogen-bond donors (Lipinski definition) is 0. The average Bonchev–Trinajstić information content (AvgIpc) is 2.64. The van der Waals surface area contributed by atoms with Crippen molar-refractivity contribution >= 4 is 23.3 Å². The van der Waals surface area contributed by atoms with Crippen LogP contribution in [0, 0.1) is 5.82 Å². The minimum Gasteiger partial charge on any atom is -0.437 e. The van der Waals surface area contributed by atoms with Crippen molar-refractivity contribution in [3.63, 3.8) is 0 Å². The van der Waals surface area contributed by atoms with Crippen LogP contribution in [0.4, 0.5) is 10.2 Å². The van der Waals surface area contributed by atoms with Gasteiger partial charge in [-0.2, -0.15) is 0 Å². The zero-order chi connectivity index (χ0) is 19.4. The lowest BCUT2D eigenvalue weighted by Gasteiger charge is -2.40. The molecule has 2 heterocycles. The van der Waals surface area contributed by atoms with Crippen molar-refractivity contribution in [1.29, 1.82) is 0 Å². The quantitative estimate of drug-likeness (QED) is 0.776. The number of hydrogen-bond acceptors (Lipinski definition) is 6. The number of anilines is 1. The van der Waals surface area contributed by atoms with E-state index in [1.165, 1.54) is 31.6 Å². The first kappa shape index (κ1) is 19.3. The van der Waals surface area contributed by atoms with Crippen molar-refractivity contribution in [2.75, 3.05) is 38.3 Å². The average molecular weight is 395 g/mol. The van der Waals surface area contributed by atoms with Crippen molar-refractivity contribution in [3.05, 3.63) is 41.4 Å². The van der Waals surface area contributed by atoms with Crippen LogP contribution >= 0.6 is 11.6 Å². The van der Waals surface area contributed by atoms with Gasteiger partial charge in [-0.1, -0.05) is 11.6 Å². The molecule has 144 valence electrons. The van der Waals surface area contributed by atoms with Crippen LogP contribution in [0.2, 0.25) is 5.02 Å². The maximum Gasteiger partial charge on any atom is 0.248 e. The van der Waals surface area contributed by atoms with Gasteiger partial charge in [0.15, 0.2) is 0 Å². The first-order valence-corrected chi connectivity index (χ1v) is 8.84. The van der Waals surface area contributed by atoms with Gasteiger partial charge in [0.1, 0.15) is 30.3 Å². The van der Waals surface area contributed by atoms with Crippen molar-refractivity contribution in [2.45, 2.75) is 13.0 Å². The molecule has 1 aliphatic heterocycles. The lowest BCUT2D eigenvalue weighted by atomic mass is 10.2. The van der Waals surface area contributed by atoms with E-state index in [1.54, 1.807) is 11.0 Å². The number of carbonyl (C=O) groups is 1. The molecule has 0 spiro atoms. The van der Waals surface area contributed by atoms with Gasteiger partial charge in [0.2, 0.25) is 11.8 Å². The van der Waals surface area contributed by atoms with E-state index in [0.717, 1.165) is 0 Å². The molecule has 1 atom stereocenters. The highest BCUT2D eigenvalue weighted by molar-refractivity contribution is 6.32. The number of nitrogens with zero attached hydrogens (tertiary/aromatic N) is 4. The van der Waals surface area contributed by atoms with E-state index in [1.807, 2.05) is 6.92 Å². The fourth-order valence-electron chi connectivity index (χ4n) is 2.97. The van der Waals surface area contributed by atoms with Crippen LogP contribution in [-0.4, -0.2) is 60.2 Å². The molecule has 2 aromatic rings. The van der Waals surface area contributed by atoms with Crippen molar-refractivity contribution in [1.82, 2.24) is 14.9 Å². The molecule has 1 unspecified atom stereocenters. The Morgan fingerprint density at radius 1 is 1.33 bits per heavy atom. The van der Waals surface area contributed by atoms with Crippen molar-refractivity contribution in [3.8, 4) is 11.6 Å². The number of amides is 1. The smallest absolute Gasteiger partial charge is 0.248 e. The van der Waals surface area contributed by atoms with Gasteiger partial charge in [-0.3, -0.25) is 4.79 Å². The van der Waals surface area contributed by atoms with Gasteiger partial charge in [-0.15, -0.1) is 0 Å². The van der Waals surface area contributed by atoms with Crippen LogP contribution in [0.25, 0.3) is 0 Å². The van der Waals surface area contributed by atoms with Crippen LogP contribution in [0.15, 0.2) is 30.6 Å².